The van der Waals surface area contributed by atoms with Crippen molar-refractivity contribution in [2.24, 2.45) is 0 Å². The van der Waals surface area contributed by atoms with Gasteiger partial charge in [0.05, 0.1) is 17.1 Å². The first kappa shape index (κ1) is 24.4. The Bertz CT molecular complexity index is 1160. The first-order valence-corrected chi connectivity index (χ1v) is 11.5. The number of anilines is 3. The fraction of sp³-hybridized carbons (Fsp3) is 0.391. The molecule has 0 saturated carbocycles. The maximum Gasteiger partial charge on any atom is 0.209 e. The minimum absolute atomic E-state index is 0.0243. The monoisotopic (exact) mass is 472 g/mol. The maximum absolute atomic E-state index is 15.2. The number of aromatic nitrogens is 2. The Morgan fingerprint density at radius 3 is 2.64 bits per heavy atom. The number of ether oxygens (including phenoxy) is 1. The Kier molecular flexibility index (Phi) is 7.80. The third-order valence-corrected chi connectivity index (χ3v) is 6.21. The number of amides is 1. The summed E-state index contributed by atoms with van der Waals surface area (Å²) in [6.45, 7) is 3.72. The zero-order valence-corrected chi connectivity index (χ0v) is 20.1. The summed E-state index contributed by atoms with van der Waals surface area (Å²) in [4.78, 5) is 21.9. The van der Waals surface area contributed by atoms with Gasteiger partial charge in [0.1, 0.15) is 28.4 Å². The largest absolute Gasteiger partial charge is 0.489 e. The lowest BCUT2D eigenvalue weighted by Crippen LogP contribution is -2.11. The molecule has 3 aromatic rings. The van der Waals surface area contributed by atoms with Crippen molar-refractivity contribution in [3.8, 4) is 5.75 Å². The van der Waals surface area contributed by atoms with Gasteiger partial charge in [0.15, 0.2) is 5.82 Å². The lowest BCUT2D eigenvalue weighted by atomic mass is 9.97. The van der Waals surface area contributed by atoms with Crippen LogP contribution < -0.4 is 15.8 Å². The topological polar surface area (TPSA) is 117 Å². The SMILES string of the molecule is CC(C)Oc1cc(N)c(C=N)c(F)c1Nc1ncnc2sc3c(c12)CCCC3.CN(C)C=O. The number of hydrogen-bond donors (Lipinski definition) is 3. The summed E-state index contributed by atoms with van der Waals surface area (Å²) in [5, 5.41) is 11.6. The standard InChI is InChI=1S/C20H22FN5OS.C3H7NO/c1-10(2)27-14-7-13(23)12(8-22)17(21)18(14)26-19-16-11-5-3-4-6-15(11)28-20(16)25-9-24-19;1-4(2)3-5/h7-10,22H,3-6,23H2,1-2H3,(H,24,25,26);3H,1-2H3. The van der Waals surface area contributed by atoms with Crippen molar-refractivity contribution in [1.29, 1.82) is 5.41 Å². The molecule has 0 aliphatic heterocycles. The molecule has 0 radical (unpaired) electrons. The zero-order chi connectivity index (χ0) is 24.1. The van der Waals surface area contributed by atoms with Crippen LogP contribution in [0.1, 0.15) is 42.7 Å². The highest BCUT2D eigenvalue weighted by Gasteiger charge is 2.23. The number of nitrogens with one attached hydrogen (secondary N) is 2. The summed E-state index contributed by atoms with van der Waals surface area (Å²) >= 11 is 1.68. The second-order valence-electron chi connectivity index (χ2n) is 8.18. The molecule has 0 fully saturated rings. The fourth-order valence-corrected chi connectivity index (χ4v) is 4.80. The molecule has 1 aliphatic carbocycles. The van der Waals surface area contributed by atoms with Crippen LogP contribution >= 0.6 is 11.3 Å². The summed E-state index contributed by atoms with van der Waals surface area (Å²) in [7, 11) is 3.38. The second kappa shape index (κ2) is 10.6. The number of nitrogens with two attached hydrogens (primary N) is 1. The molecular weight excluding hydrogens is 443 g/mol. The number of rotatable bonds is 6. The van der Waals surface area contributed by atoms with Crippen molar-refractivity contribution in [3.05, 3.63) is 34.2 Å². The number of thiophene rings is 1. The highest BCUT2D eigenvalue weighted by atomic mass is 32.1. The molecule has 2 heterocycles. The van der Waals surface area contributed by atoms with Gasteiger partial charge in [-0.3, -0.25) is 4.79 Å². The first-order valence-electron chi connectivity index (χ1n) is 10.7. The Morgan fingerprint density at radius 2 is 2.00 bits per heavy atom. The van der Waals surface area contributed by atoms with Crippen LogP contribution in [0, 0.1) is 11.2 Å². The minimum Gasteiger partial charge on any atom is -0.489 e. The molecule has 1 amide bonds. The molecule has 0 bridgehead atoms. The van der Waals surface area contributed by atoms with E-state index in [-0.39, 0.29) is 23.0 Å². The fourth-order valence-electron chi connectivity index (χ4n) is 3.57. The number of fused-ring (bicyclic) bond motifs is 3. The predicted octanol–water partition coefficient (Wildman–Crippen LogP) is 4.52. The van der Waals surface area contributed by atoms with Crippen LogP contribution in [0.2, 0.25) is 0 Å². The smallest absolute Gasteiger partial charge is 0.209 e. The molecule has 0 atom stereocenters. The van der Waals surface area contributed by atoms with E-state index in [1.807, 2.05) is 13.8 Å². The molecule has 176 valence electrons. The average Bonchev–Trinajstić information content (AvgIpc) is 3.16. The lowest BCUT2D eigenvalue weighted by Gasteiger charge is -2.19. The molecule has 2 aromatic heterocycles. The van der Waals surface area contributed by atoms with Crippen LogP contribution in [0.4, 0.5) is 21.6 Å². The van der Waals surface area contributed by atoms with Gasteiger partial charge in [-0.15, -0.1) is 11.3 Å². The van der Waals surface area contributed by atoms with E-state index in [0.29, 0.717) is 11.6 Å². The highest BCUT2D eigenvalue weighted by molar-refractivity contribution is 7.19. The van der Waals surface area contributed by atoms with Crippen LogP contribution in [0.3, 0.4) is 0 Å². The van der Waals surface area contributed by atoms with Crippen LogP contribution in [-0.2, 0) is 17.6 Å². The number of carbonyl (C=O) groups is 1. The Morgan fingerprint density at radius 1 is 1.30 bits per heavy atom. The van der Waals surface area contributed by atoms with Gasteiger partial charge in [-0.05, 0) is 45.1 Å². The van der Waals surface area contributed by atoms with E-state index in [1.54, 1.807) is 31.5 Å². The zero-order valence-electron chi connectivity index (χ0n) is 19.2. The maximum atomic E-state index is 15.2. The van der Waals surface area contributed by atoms with Crippen LogP contribution in [0.5, 0.6) is 5.75 Å². The molecule has 1 aliphatic rings. The van der Waals surface area contributed by atoms with Gasteiger partial charge in [-0.1, -0.05) is 0 Å². The van der Waals surface area contributed by atoms with Gasteiger partial charge in [0.25, 0.3) is 0 Å². The molecule has 8 nitrogen and oxygen atoms in total. The lowest BCUT2D eigenvalue weighted by molar-refractivity contribution is -0.115. The highest BCUT2D eigenvalue weighted by Crippen LogP contribution is 2.41. The summed E-state index contributed by atoms with van der Waals surface area (Å²) in [6, 6.07) is 1.55. The van der Waals surface area contributed by atoms with Crippen molar-refractivity contribution in [1.82, 2.24) is 14.9 Å². The quantitative estimate of drug-likeness (QED) is 0.276. The molecule has 0 spiro atoms. The number of nitrogen functional groups attached to an aromatic ring is 1. The molecular formula is C23H29FN6O2S. The molecule has 1 aromatic carbocycles. The van der Waals surface area contributed by atoms with Gasteiger partial charge >= 0.3 is 0 Å². The second-order valence-corrected chi connectivity index (χ2v) is 9.27. The van der Waals surface area contributed by atoms with Crippen LogP contribution in [-0.4, -0.2) is 47.7 Å². The number of aryl methyl sites for hydroxylation is 2. The number of carbonyl (C=O) groups excluding carboxylic acids is 1. The van der Waals surface area contributed by atoms with Crippen LogP contribution in [0.15, 0.2) is 12.4 Å². The molecule has 4 rings (SSSR count). The van der Waals surface area contributed by atoms with Gasteiger partial charge < -0.3 is 26.1 Å². The minimum atomic E-state index is -0.624. The van der Waals surface area contributed by atoms with E-state index >= 15 is 4.39 Å². The molecule has 33 heavy (non-hydrogen) atoms. The Labute approximate surface area is 196 Å². The molecule has 4 N–H and O–H groups in total. The number of benzene rings is 1. The number of halogens is 1. The summed E-state index contributed by atoms with van der Waals surface area (Å²) in [6.07, 6.45) is 7.32. The predicted molar refractivity (Wildman–Crippen MR) is 132 cm³/mol. The normalized spacial score (nSPS) is 12.5. The molecule has 0 saturated heterocycles. The van der Waals surface area contributed by atoms with E-state index in [4.69, 9.17) is 15.9 Å². The van der Waals surface area contributed by atoms with Crippen molar-refractivity contribution in [3.63, 3.8) is 0 Å². The van der Waals surface area contributed by atoms with Crippen molar-refractivity contribution in [2.45, 2.75) is 45.6 Å². The van der Waals surface area contributed by atoms with E-state index < -0.39 is 5.82 Å². The van der Waals surface area contributed by atoms with Gasteiger partial charge in [0, 0.05) is 36.9 Å². The summed E-state index contributed by atoms with van der Waals surface area (Å²) in [5.41, 5.74) is 7.49. The van der Waals surface area contributed by atoms with E-state index in [2.05, 4.69) is 15.3 Å². The van der Waals surface area contributed by atoms with Gasteiger partial charge in [-0.2, -0.15) is 0 Å². The number of nitrogens with zero attached hydrogens (tertiary/aromatic N) is 3. The van der Waals surface area contributed by atoms with Crippen molar-refractivity contribution < 1.29 is 13.9 Å². The van der Waals surface area contributed by atoms with Crippen molar-refractivity contribution in [2.75, 3.05) is 25.1 Å². The average molecular weight is 473 g/mol. The number of hydrogen-bond acceptors (Lipinski definition) is 8. The summed E-state index contributed by atoms with van der Waals surface area (Å²) in [5.74, 6) is 0.227. The molecule has 10 heteroatoms. The summed E-state index contributed by atoms with van der Waals surface area (Å²) < 4.78 is 21.0. The van der Waals surface area contributed by atoms with Gasteiger partial charge in [-0.25, -0.2) is 14.4 Å². The third kappa shape index (κ3) is 5.39. The van der Waals surface area contributed by atoms with Crippen molar-refractivity contribution >= 4 is 51.4 Å². The van der Waals surface area contributed by atoms with Gasteiger partial charge in [0.2, 0.25) is 6.41 Å². The first-order chi connectivity index (χ1) is 15.8. The Balaban J connectivity index is 0.000000555. The van der Waals surface area contributed by atoms with Crippen LogP contribution in [0.25, 0.3) is 10.2 Å². The van der Waals surface area contributed by atoms with E-state index in [0.717, 1.165) is 42.1 Å². The van der Waals surface area contributed by atoms with E-state index in [9.17, 15) is 4.79 Å². The van der Waals surface area contributed by atoms with E-state index in [1.165, 1.54) is 28.1 Å². The molecule has 0 unspecified atom stereocenters. The Hall–Kier alpha value is -3.27. The third-order valence-electron chi connectivity index (χ3n) is 5.01.